The summed E-state index contributed by atoms with van der Waals surface area (Å²) >= 11 is 0. The molecule has 0 atom stereocenters. The maximum atomic E-state index is 12.3. The van der Waals surface area contributed by atoms with Crippen LogP contribution in [-0.2, 0) is 17.9 Å². The largest absolute Gasteiger partial charge is 0.350 e. The van der Waals surface area contributed by atoms with Crippen LogP contribution in [0.3, 0.4) is 0 Å². The molecule has 0 unspecified atom stereocenters. The molecule has 1 aromatic carbocycles. The van der Waals surface area contributed by atoms with Crippen LogP contribution < -0.4 is 5.32 Å². The quantitative estimate of drug-likeness (QED) is 0.680. The molecule has 0 aliphatic carbocycles. The van der Waals surface area contributed by atoms with Crippen molar-refractivity contribution in [3.05, 3.63) is 59.4 Å². The molecule has 8 nitrogen and oxygen atoms in total. The zero-order valence-electron chi connectivity index (χ0n) is 14.9. The molecule has 0 bridgehead atoms. The van der Waals surface area contributed by atoms with Gasteiger partial charge in [-0.15, -0.1) is 0 Å². The average Bonchev–Trinajstić information content (AvgIpc) is 3.22. The second-order valence-electron chi connectivity index (χ2n) is 6.01. The zero-order chi connectivity index (χ0) is 18.7. The van der Waals surface area contributed by atoms with Gasteiger partial charge >= 0.3 is 0 Å². The van der Waals surface area contributed by atoms with Crippen LogP contribution in [0.15, 0.2) is 36.9 Å². The molecule has 2 aromatic heterocycles. The van der Waals surface area contributed by atoms with E-state index in [0.717, 1.165) is 11.3 Å². The van der Waals surface area contributed by atoms with E-state index in [4.69, 9.17) is 0 Å². The highest BCUT2D eigenvalue weighted by Crippen LogP contribution is 2.14. The topological polar surface area (TPSA) is 94.7 Å². The number of carbonyl (C=O) groups excluding carboxylic acids is 2. The first kappa shape index (κ1) is 17.5. The maximum absolute atomic E-state index is 12.3. The zero-order valence-corrected chi connectivity index (χ0v) is 14.9. The molecule has 134 valence electrons. The lowest BCUT2D eigenvalue weighted by Gasteiger charge is -2.11. The molecule has 3 rings (SSSR count). The molecule has 3 aromatic rings. The summed E-state index contributed by atoms with van der Waals surface area (Å²) < 4.78 is 3.21. The normalized spacial score (nSPS) is 10.7. The standard InChI is InChI=1S/C18H20N6O2/c1-12-18(14(3)25)13(2)23(22-12)9-17(26)20-8-15-6-4-5-7-16(15)24-11-19-10-21-24/h4-7,10-11H,8-9H2,1-3H3,(H,20,26). The second kappa shape index (κ2) is 7.30. The fraction of sp³-hybridized carbons (Fsp3) is 0.278. The summed E-state index contributed by atoms with van der Waals surface area (Å²) in [6.07, 6.45) is 3.07. The predicted octanol–water partition coefficient (Wildman–Crippen LogP) is 1.60. The van der Waals surface area contributed by atoms with Crippen molar-refractivity contribution in [2.75, 3.05) is 0 Å². The van der Waals surface area contributed by atoms with Gasteiger partial charge in [0.25, 0.3) is 0 Å². The van der Waals surface area contributed by atoms with Gasteiger partial charge in [-0.25, -0.2) is 9.67 Å². The van der Waals surface area contributed by atoms with Crippen molar-refractivity contribution in [3.8, 4) is 5.69 Å². The van der Waals surface area contributed by atoms with Crippen molar-refractivity contribution >= 4 is 11.7 Å². The molecule has 0 aliphatic rings. The van der Waals surface area contributed by atoms with Crippen molar-refractivity contribution in [1.29, 1.82) is 0 Å². The van der Waals surface area contributed by atoms with Crippen molar-refractivity contribution in [2.24, 2.45) is 0 Å². The van der Waals surface area contributed by atoms with Crippen molar-refractivity contribution < 1.29 is 9.59 Å². The van der Waals surface area contributed by atoms with Gasteiger partial charge in [-0.1, -0.05) is 18.2 Å². The number of ketones is 1. The minimum absolute atomic E-state index is 0.0478. The number of rotatable bonds is 6. The van der Waals surface area contributed by atoms with Gasteiger partial charge in [-0.2, -0.15) is 10.2 Å². The first-order valence-corrected chi connectivity index (χ1v) is 8.22. The number of aromatic nitrogens is 5. The van der Waals surface area contributed by atoms with E-state index in [1.165, 1.54) is 13.3 Å². The first-order valence-electron chi connectivity index (χ1n) is 8.22. The predicted molar refractivity (Wildman–Crippen MR) is 94.9 cm³/mol. The summed E-state index contributed by atoms with van der Waals surface area (Å²) in [5.41, 5.74) is 3.70. The highest BCUT2D eigenvalue weighted by atomic mass is 16.2. The SMILES string of the molecule is CC(=O)c1c(C)nn(CC(=O)NCc2ccccc2-n2cncn2)c1C. The Morgan fingerprint density at radius 1 is 1.19 bits per heavy atom. The molecule has 0 saturated carbocycles. The lowest BCUT2D eigenvalue weighted by molar-refractivity contribution is -0.122. The van der Waals surface area contributed by atoms with E-state index < -0.39 is 0 Å². The number of hydrogen-bond acceptors (Lipinski definition) is 5. The number of para-hydroxylation sites is 1. The Hall–Kier alpha value is -3.29. The Balaban J connectivity index is 1.70. The van der Waals surface area contributed by atoms with Crippen LogP contribution in [0.2, 0.25) is 0 Å². The molecule has 0 aliphatic heterocycles. The number of carbonyl (C=O) groups is 2. The number of aryl methyl sites for hydroxylation is 1. The molecule has 0 saturated heterocycles. The third kappa shape index (κ3) is 3.53. The van der Waals surface area contributed by atoms with E-state index >= 15 is 0 Å². The van der Waals surface area contributed by atoms with Gasteiger partial charge in [0.1, 0.15) is 19.2 Å². The van der Waals surface area contributed by atoms with Crippen LogP contribution in [0.1, 0.15) is 34.2 Å². The molecule has 26 heavy (non-hydrogen) atoms. The van der Waals surface area contributed by atoms with Crippen LogP contribution in [0.25, 0.3) is 5.69 Å². The van der Waals surface area contributed by atoms with E-state index in [1.807, 2.05) is 24.3 Å². The van der Waals surface area contributed by atoms with Gasteiger partial charge in [0.2, 0.25) is 5.91 Å². The Morgan fingerprint density at radius 3 is 2.62 bits per heavy atom. The Morgan fingerprint density at radius 2 is 1.96 bits per heavy atom. The summed E-state index contributed by atoms with van der Waals surface area (Å²) in [6, 6.07) is 7.65. The van der Waals surface area contributed by atoms with Crippen molar-refractivity contribution in [1.82, 2.24) is 29.9 Å². The summed E-state index contributed by atoms with van der Waals surface area (Å²) in [6.45, 7) is 5.48. The van der Waals surface area contributed by atoms with Gasteiger partial charge in [0.15, 0.2) is 5.78 Å². The van der Waals surface area contributed by atoms with Crippen molar-refractivity contribution in [3.63, 3.8) is 0 Å². The first-order chi connectivity index (χ1) is 12.5. The Bertz CT molecular complexity index is 943. The molecule has 0 fully saturated rings. The number of benzene rings is 1. The number of amides is 1. The molecule has 0 radical (unpaired) electrons. The smallest absolute Gasteiger partial charge is 0.242 e. The third-order valence-electron chi connectivity index (χ3n) is 4.16. The van der Waals surface area contributed by atoms with E-state index in [-0.39, 0.29) is 18.2 Å². The molecule has 8 heteroatoms. The molecule has 2 heterocycles. The Kier molecular flexibility index (Phi) is 4.92. The van der Waals surface area contributed by atoms with E-state index in [2.05, 4.69) is 20.5 Å². The molecular formula is C18H20N6O2. The van der Waals surface area contributed by atoms with Crippen LogP contribution in [0.5, 0.6) is 0 Å². The fourth-order valence-electron chi connectivity index (χ4n) is 2.96. The highest BCUT2D eigenvalue weighted by Gasteiger charge is 2.17. The van der Waals surface area contributed by atoms with Crippen molar-refractivity contribution in [2.45, 2.75) is 33.9 Å². The van der Waals surface area contributed by atoms with Crippen LogP contribution in [0, 0.1) is 13.8 Å². The van der Waals surface area contributed by atoms with Gasteiger partial charge in [-0.3, -0.25) is 14.3 Å². The minimum atomic E-state index is -0.181. The average molecular weight is 352 g/mol. The number of nitrogens with one attached hydrogen (secondary N) is 1. The molecule has 0 spiro atoms. The minimum Gasteiger partial charge on any atom is -0.350 e. The summed E-state index contributed by atoms with van der Waals surface area (Å²) in [5, 5.41) is 11.3. The van der Waals surface area contributed by atoms with Gasteiger partial charge in [0.05, 0.1) is 16.9 Å². The number of nitrogens with zero attached hydrogens (tertiary/aromatic N) is 5. The summed E-state index contributed by atoms with van der Waals surface area (Å²) in [7, 11) is 0. The molecule has 1 amide bonds. The van der Waals surface area contributed by atoms with E-state index in [0.29, 0.717) is 23.5 Å². The summed E-state index contributed by atoms with van der Waals surface area (Å²) in [5.74, 6) is -0.229. The summed E-state index contributed by atoms with van der Waals surface area (Å²) in [4.78, 5) is 28.0. The lowest BCUT2D eigenvalue weighted by atomic mass is 10.1. The maximum Gasteiger partial charge on any atom is 0.242 e. The highest BCUT2D eigenvalue weighted by molar-refractivity contribution is 5.96. The van der Waals surface area contributed by atoms with E-state index in [1.54, 1.807) is 29.5 Å². The fourth-order valence-corrected chi connectivity index (χ4v) is 2.96. The van der Waals surface area contributed by atoms with Crippen LogP contribution in [0.4, 0.5) is 0 Å². The molecule has 1 N–H and O–H groups in total. The molecular weight excluding hydrogens is 332 g/mol. The Labute approximate surface area is 150 Å². The van der Waals surface area contributed by atoms with E-state index in [9.17, 15) is 9.59 Å². The lowest BCUT2D eigenvalue weighted by Crippen LogP contribution is -2.28. The second-order valence-corrected chi connectivity index (χ2v) is 6.01. The van der Waals surface area contributed by atoms with Gasteiger partial charge < -0.3 is 5.32 Å². The number of Topliss-reactive ketones (excluding diaryl/α,β-unsaturated/α-hetero) is 1. The number of hydrogen-bond donors (Lipinski definition) is 1. The van der Waals surface area contributed by atoms with Crippen LogP contribution in [-0.4, -0.2) is 36.2 Å². The monoisotopic (exact) mass is 352 g/mol. The van der Waals surface area contributed by atoms with Gasteiger partial charge in [0, 0.05) is 12.2 Å². The van der Waals surface area contributed by atoms with Crippen LogP contribution >= 0.6 is 0 Å². The van der Waals surface area contributed by atoms with Gasteiger partial charge in [-0.05, 0) is 32.4 Å². The third-order valence-corrected chi connectivity index (χ3v) is 4.16.